The molecule has 7 nitrogen and oxygen atoms in total. The number of carboxylic acids is 1. The van der Waals surface area contributed by atoms with Gasteiger partial charge in [0, 0.05) is 18.4 Å². The predicted octanol–water partition coefficient (Wildman–Crippen LogP) is 0.0200. The van der Waals surface area contributed by atoms with Crippen LogP contribution in [0.2, 0.25) is 0 Å². The molecule has 3 atom stereocenters. The van der Waals surface area contributed by atoms with Gasteiger partial charge in [0.2, 0.25) is 5.91 Å². The van der Waals surface area contributed by atoms with Crippen LogP contribution >= 0.6 is 0 Å². The summed E-state index contributed by atoms with van der Waals surface area (Å²) < 4.78 is 6.91. The fourth-order valence-electron chi connectivity index (χ4n) is 2.08. The minimum atomic E-state index is -1.01. The molecule has 19 heavy (non-hydrogen) atoms. The highest BCUT2D eigenvalue weighted by molar-refractivity contribution is 5.82. The van der Waals surface area contributed by atoms with E-state index in [0.717, 1.165) is 0 Å². The standard InChI is InChI=1S/C12H17N3O4/c1-8(7-15-6-2-5-13-15)14-11(16)9-3-4-10(19-9)12(17)18/h2,5-6,8-10H,3-4,7H2,1H3,(H,14,16)(H,17,18)/t8?,9-,10+/m0/s1. The van der Waals surface area contributed by atoms with Crippen LogP contribution in [0.15, 0.2) is 18.5 Å². The van der Waals surface area contributed by atoms with E-state index in [0.29, 0.717) is 19.4 Å². The Bertz CT molecular complexity index is 446. The maximum absolute atomic E-state index is 11.9. The van der Waals surface area contributed by atoms with Gasteiger partial charge in [-0.25, -0.2) is 4.79 Å². The fourth-order valence-corrected chi connectivity index (χ4v) is 2.08. The molecular weight excluding hydrogens is 250 g/mol. The molecule has 1 aromatic rings. The Morgan fingerprint density at radius 3 is 2.84 bits per heavy atom. The predicted molar refractivity (Wildman–Crippen MR) is 65.4 cm³/mol. The summed E-state index contributed by atoms with van der Waals surface area (Å²) in [6.07, 6.45) is 2.78. The molecule has 1 fully saturated rings. The third-order valence-corrected chi connectivity index (χ3v) is 3.00. The van der Waals surface area contributed by atoms with Crippen molar-refractivity contribution in [2.24, 2.45) is 0 Å². The van der Waals surface area contributed by atoms with Crippen LogP contribution in [0, 0.1) is 0 Å². The van der Waals surface area contributed by atoms with Gasteiger partial charge >= 0.3 is 5.97 Å². The molecule has 0 bridgehead atoms. The van der Waals surface area contributed by atoms with Gasteiger partial charge in [-0.05, 0) is 25.8 Å². The lowest BCUT2D eigenvalue weighted by atomic mass is 10.2. The molecule has 1 unspecified atom stereocenters. The normalized spacial score (nSPS) is 24.1. The van der Waals surface area contributed by atoms with Crippen molar-refractivity contribution in [1.29, 1.82) is 0 Å². The maximum Gasteiger partial charge on any atom is 0.332 e. The smallest absolute Gasteiger partial charge is 0.332 e. The number of ether oxygens (including phenoxy) is 1. The van der Waals surface area contributed by atoms with E-state index in [1.165, 1.54) is 0 Å². The second-order valence-electron chi connectivity index (χ2n) is 4.67. The lowest BCUT2D eigenvalue weighted by Crippen LogP contribution is -2.42. The summed E-state index contributed by atoms with van der Waals surface area (Å²) in [6, 6.07) is 1.71. The Labute approximate surface area is 110 Å². The van der Waals surface area contributed by atoms with E-state index < -0.39 is 18.2 Å². The number of nitrogens with one attached hydrogen (secondary N) is 1. The third-order valence-electron chi connectivity index (χ3n) is 3.00. The van der Waals surface area contributed by atoms with Crippen LogP contribution in [0.3, 0.4) is 0 Å². The molecule has 7 heteroatoms. The molecule has 1 aromatic heterocycles. The van der Waals surface area contributed by atoms with Crippen LogP contribution < -0.4 is 5.32 Å². The highest BCUT2D eigenvalue weighted by Crippen LogP contribution is 2.20. The summed E-state index contributed by atoms with van der Waals surface area (Å²) in [7, 11) is 0. The van der Waals surface area contributed by atoms with Crippen molar-refractivity contribution in [3.63, 3.8) is 0 Å². The molecule has 1 amide bonds. The number of carbonyl (C=O) groups is 2. The fraction of sp³-hybridized carbons (Fsp3) is 0.583. The zero-order chi connectivity index (χ0) is 13.8. The van der Waals surface area contributed by atoms with E-state index in [1.807, 2.05) is 19.2 Å². The minimum Gasteiger partial charge on any atom is -0.479 e. The molecule has 0 spiro atoms. The monoisotopic (exact) mass is 267 g/mol. The number of aromatic nitrogens is 2. The number of nitrogens with zero attached hydrogens (tertiary/aromatic N) is 2. The molecule has 1 saturated heterocycles. The van der Waals surface area contributed by atoms with Gasteiger partial charge in [0.15, 0.2) is 6.10 Å². The van der Waals surface area contributed by atoms with Gasteiger partial charge in [-0.3, -0.25) is 9.48 Å². The first-order valence-electron chi connectivity index (χ1n) is 6.22. The van der Waals surface area contributed by atoms with Crippen molar-refractivity contribution < 1.29 is 19.4 Å². The summed E-state index contributed by atoms with van der Waals surface area (Å²) in [4.78, 5) is 22.6. The first-order valence-corrected chi connectivity index (χ1v) is 6.22. The number of hydrogen-bond donors (Lipinski definition) is 2. The first kappa shape index (κ1) is 13.5. The maximum atomic E-state index is 11.9. The minimum absolute atomic E-state index is 0.0973. The number of carbonyl (C=O) groups excluding carboxylic acids is 1. The van der Waals surface area contributed by atoms with E-state index >= 15 is 0 Å². The van der Waals surface area contributed by atoms with Crippen molar-refractivity contribution in [3.8, 4) is 0 Å². The molecule has 104 valence electrons. The molecule has 2 heterocycles. The van der Waals surface area contributed by atoms with E-state index in [9.17, 15) is 9.59 Å². The average Bonchev–Trinajstić information content (AvgIpc) is 2.98. The molecule has 2 rings (SSSR count). The van der Waals surface area contributed by atoms with Crippen LogP contribution in [-0.4, -0.2) is 45.0 Å². The number of amides is 1. The number of rotatable bonds is 5. The molecule has 0 radical (unpaired) electrons. The van der Waals surface area contributed by atoms with Gasteiger partial charge in [0.1, 0.15) is 6.10 Å². The summed E-state index contributed by atoms with van der Waals surface area (Å²) >= 11 is 0. The first-order chi connectivity index (χ1) is 9.06. The van der Waals surface area contributed by atoms with Gasteiger partial charge in [0.25, 0.3) is 0 Å². The SMILES string of the molecule is CC(Cn1cccn1)NC(=O)[C@@H]1CC[C@H](C(=O)O)O1. The quantitative estimate of drug-likeness (QED) is 0.784. The molecule has 0 aliphatic carbocycles. The summed E-state index contributed by atoms with van der Waals surface area (Å²) in [5.74, 6) is -1.27. The zero-order valence-electron chi connectivity index (χ0n) is 10.7. The van der Waals surface area contributed by atoms with Crippen molar-refractivity contribution >= 4 is 11.9 Å². The molecule has 1 aliphatic rings. The van der Waals surface area contributed by atoms with E-state index in [2.05, 4.69) is 10.4 Å². The molecule has 1 aliphatic heterocycles. The Morgan fingerprint density at radius 1 is 1.53 bits per heavy atom. The Balaban J connectivity index is 1.79. The van der Waals surface area contributed by atoms with Gasteiger partial charge in [-0.1, -0.05) is 0 Å². The van der Waals surface area contributed by atoms with Gasteiger partial charge in [-0.15, -0.1) is 0 Å². The Hall–Kier alpha value is -1.89. The van der Waals surface area contributed by atoms with E-state index in [1.54, 1.807) is 10.9 Å². The third kappa shape index (κ3) is 3.54. The van der Waals surface area contributed by atoms with E-state index in [-0.39, 0.29) is 11.9 Å². The van der Waals surface area contributed by atoms with Gasteiger partial charge < -0.3 is 15.2 Å². The number of hydrogen-bond acceptors (Lipinski definition) is 4. The Kier molecular flexibility index (Phi) is 4.16. The topological polar surface area (TPSA) is 93.5 Å². The lowest BCUT2D eigenvalue weighted by Gasteiger charge is -2.17. The summed E-state index contributed by atoms with van der Waals surface area (Å²) in [5.41, 5.74) is 0. The van der Waals surface area contributed by atoms with Crippen molar-refractivity contribution in [1.82, 2.24) is 15.1 Å². The number of aliphatic carboxylic acids is 1. The molecule has 0 aromatic carbocycles. The van der Waals surface area contributed by atoms with Crippen molar-refractivity contribution in [2.45, 2.75) is 44.6 Å². The van der Waals surface area contributed by atoms with Crippen LogP contribution in [0.1, 0.15) is 19.8 Å². The van der Waals surface area contributed by atoms with Crippen molar-refractivity contribution in [2.75, 3.05) is 0 Å². The summed E-state index contributed by atoms with van der Waals surface area (Å²) in [6.45, 7) is 2.43. The highest BCUT2D eigenvalue weighted by atomic mass is 16.5. The van der Waals surface area contributed by atoms with Gasteiger partial charge in [-0.2, -0.15) is 5.10 Å². The van der Waals surface area contributed by atoms with E-state index in [4.69, 9.17) is 9.84 Å². The molecule has 2 N–H and O–H groups in total. The lowest BCUT2D eigenvalue weighted by molar-refractivity contribution is -0.151. The van der Waals surface area contributed by atoms with Gasteiger partial charge in [0.05, 0.1) is 6.54 Å². The Morgan fingerprint density at radius 2 is 2.26 bits per heavy atom. The number of carboxylic acid groups (broad SMARTS) is 1. The van der Waals surface area contributed by atoms with Crippen molar-refractivity contribution in [3.05, 3.63) is 18.5 Å². The van der Waals surface area contributed by atoms with Crippen LogP contribution in [0.5, 0.6) is 0 Å². The van der Waals surface area contributed by atoms with Crippen LogP contribution in [-0.2, 0) is 20.9 Å². The summed E-state index contributed by atoms with van der Waals surface area (Å²) in [5, 5.41) is 15.7. The average molecular weight is 267 g/mol. The van der Waals surface area contributed by atoms with Crippen LogP contribution in [0.25, 0.3) is 0 Å². The second kappa shape index (κ2) is 5.83. The molecule has 0 saturated carbocycles. The largest absolute Gasteiger partial charge is 0.479 e. The molecular formula is C12H17N3O4. The second-order valence-corrected chi connectivity index (χ2v) is 4.67. The van der Waals surface area contributed by atoms with Crippen LogP contribution in [0.4, 0.5) is 0 Å². The highest BCUT2D eigenvalue weighted by Gasteiger charge is 2.34. The zero-order valence-corrected chi connectivity index (χ0v) is 10.7.